The summed E-state index contributed by atoms with van der Waals surface area (Å²) in [4.78, 5) is 25.0. The van der Waals surface area contributed by atoms with Crippen LogP contribution in [0.3, 0.4) is 0 Å². The zero-order chi connectivity index (χ0) is 26.0. The van der Waals surface area contributed by atoms with Crippen LogP contribution in [-0.2, 0) is 4.74 Å². The van der Waals surface area contributed by atoms with Crippen molar-refractivity contribution in [2.45, 2.75) is 57.0 Å². The van der Waals surface area contributed by atoms with Gasteiger partial charge in [0.05, 0.1) is 31.0 Å². The normalized spacial score (nSPS) is 24.4. The van der Waals surface area contributed by atoms with Crippen LogP contribution in [0.4, 0.5) is 10.2 Å². The van der Waals surface area contributed by atoms with Gasteiger partial charge in [0.25, 0.3) is 0 Å². The maximum absolute atomic E-state index is 13.6. The van der Waals surface area contributed by atoms with Gasteiger partial charge in [-0.3, -0.25) is 4.79 Å². The molecule has 1 aromatic carbocycles. The molecule has 204 valence electrons. The molecule has 3 saturated heterocycles. The molecular weight excluding hydrogens is 485 g/mol. The molecule has 9 heteroatoms. The van der Waals surface area contributed by atoms with E-state index < -0.39 is 5.82 Å². The van der Waals surface area contributed by atoms with E-state index in [9.17, 15) is 9.18 Å². The first-order valence-corrected chi connectivity index (χ1v) is 14.1. The number of hydrogen-bond acceptors (Lipinski definition) is 8. The maximum Gasteiger partial charge on any atom is 0.188 e. The van der Waals surface area contributed by atoms with Crippen LogP contribution in [-0.4, -0.2) is 79.2 Å². The van der Waals surface area contributed by atoms with Crippen molar-refractivity contribution in [2.24, 2.45) is 11.3 Å². The number of aromatic nitrogens is 2. The van der Waals surface area contributed by atoms with E-state index in [1.54, 1.807) is 6.20 Å². The molecule has 8 nitrogen and oxygen atoms in total. The zero-order valence-corrected chi connectivity index (χ0v) is 22.0. The van der Waals surface area contributed by atoms with Gasteiger partial charge < -0.3 is 24.6 Å². The number of halogens is 1. The standard InChI is InChI=1S/C29H38FN5O3/c30-23-1-2-26(22(13-23)17-36)38-27-14-31-20-32-28(27)35-10-5-21(16-35)15-34-11-8-29(9-12-34)6-3-24(4-7-29)33-25-18-37-19-25/h1-2,13-14,17,20-21,24-25,33H,3-12,15-16,18-19H2. The van der Waals surface area contributed by atoms with Crippen LogP contribution in [0, 0.1) is 17.2 Å². The number of piperidine rings is 1. The fraction of sp³-hybridized carbons (Fsp3) is 0.621. The summed E-state index contributed by atoms with van der Waals surface area (Å²) in [6.45, 7) is 7.11. The molecule has 1 spiro atoms. The molecule has 4 heterocycles. The number of nitrogens with one attached hydrogen (secondary N) is 1. The van der Waals surface area contributed by atoms with Crippen LogP contribution < -0.4 is 15.0 Å². The molecule has 1 aliphatic carbocycles. The van der Waals surface area contributed by atoms with E-state index in [1.807, 2.05) is 0 Å². The summed E-state index contributed by atoms with van der Waals surface area (Å²) in [5.74, 6) is 1.61. The summed E-state index contributed by atoms with van der Waals surface area (Å²) in [7, 11) is 0. The molecule has 0 radical (unpaired) electrons. The lowest BCUT2D eigenvalue weighted by Crippen LogP contribution is -2.52. The first-order valence-electron chi connectivity index (χ1n) is 14.1. The first-order chi connectivity index (χ1) is 18.6. The average molecular weight is 524 g/mol. The SMILES string of the molecule is O=Cc1cc(F)ccc1Oc1cncnc1N1CCC(CN2CCC3(CCC(NC4COC4)CC3)CC2)C1. The van der Waals surface area contributed by atoms with Crippen molar-refractivity contribution in [3.8, 4) is 11.5 Å². The largest absolute Gasteiger partial charge is 0.451 e. The third kappa shape index (κ3) is 5.70. The predicted octanol–water partition coefficient (Wildman–Crippen LogP) is 4.06. The highest BCUT2D eigenvalue weighted by atomic mass is 19.1. The highest BCUT2D eigenvalue weighted by molar-refractivity contribution is 5.79. The Hall–Kier alpha value is -2.62. The summed E-state index contributed by atoms with van der Waals surface area (Å²) < 4.78 is 24.9. The number of hydrogen-bond donors (Lipinski definition) is 1. The molecule has 4 fully saturated rings. The van der Waals surface area contributed by atoms with E-state index in [1.165, 1.54) is 76.1 Å². The fourth-order valence-electron chi connectivity index (χ4n) is 6.75. The van der Waals surface area contributed by atoms with Crippen LogP contribution in [0.5, 0.6) is 11.5 Å². The topological polar surface area (TPSA) is 79.8 Å². The molecule has 1 atom stereocenters. The minimum absolute atomic E-state index is 0.166. The molecule has 6 rings (SSSR count). The van der Waals surface area contributed by atoms with Crippen molar-refractivity contribution in [1.29, 1.82) is 0 Å². The molecule has 2 aromatic rings. The molecule has 1 saturated carbocycles. The van der Waals surface area contributed by atoms with E-state index in [2.05, 4.69) is 25.1 Å². The molecular formula is C29H38FN5O3. The molecule has 1 unspecified atom stereocenters. The van der Waals surface area contributed by atoms with Crippen molar-refractivity contribution >= 4 is 12.1 Å². The maximum atomic E-state index is 13.6. The lowest BCUT2D eigenvalue weighted by Gasteiger charge is -2.47. The molecule has 3 aliphatic heterocycles. The number of rotatable bonds is 8. The van der Waals surface area contributed by atoms with E-state index in [4.69, 9.17) is 9.47 Å². The van der Waals surface area contributed by atoms with Gasteiger partial charge in [-0.15, -0.1) is 0 Å². The van der Waals surface area contributed by atoms with Gasteiger partial charge in [-0.25, -0.2) is 14.4 Å². The van der Waals surface area contributed by atoms with Crippen LogP contribution in [0.15, 0.2) is 30.7 Å². The van der Waals surface area contributed by atoms with Gasteiger partial charge in [-0.1, -0.05) is 0 Å². The highest BCUT2D eigenvalue weighted by Crippen LogP contribution is 2.45. The first kappa shape index (κ1) is 25.6. The number of carbonyl (C=O) groups is 1. The van der Waals surface area contributed by atoms with Crippen molar-refractivity contribution in [3.05, 3.63) is 42.1 Å². The smallest absolute Gasteiger partial charge is 0.188 e. The Morgan fingerprint density at radius 2 is 1.89 bits per heavy atom. The average Bonchev–Trinajstić information content (AvgIpc) is 3.38. The van der Waals surface area contributed by atoms with E-state index in [0.717, 1.165) is 45.1 Å². The number of likely N-dealkylation sites (tertiary alicyclic amines) is 1. The molecule has 38 heavy (non-hydrogen) atoms. The van der Waals surface area contributed by atoms with Crippen molar-refractivity contribution in [1.82, 2.24) is 20.2 Å². The Balaban J connectivity index is 1.00. The van der Waals surface area contributed by atoms with E-state index in [0.29, 0.717) is 41.2 Å². The van der Waals surface area contributed by atoms with Crippen molar-refractivity contribution in [2.75, 3.05) is 50.8 Å². The summed E-state index contributed by atoms with van der Waals surface area (Å²) in [6.07, 6.45) is 12.8. The molecule has 1 aromatic heterocycles. The minimum atomic E-state index is -0.473. The Morgan fingerprint density at radius 1 is 1.08 bits per heavy atom. The minimum Gasteiger partial charge on any atom is -0.451 e. The summed E-state index contributed by atoms with van der Waals surface area (Å²) >= 11 is 0. The number of aldehydes is 1. The van der Waals surface area contributed by atoms with Crippen molar-refractivity contribution in [3.63, 3.8) is 0 Å². The Labute approximate surface area is 223 Å². The van der Waals surface area contributed by atoms with E-state index in [-0.39, 0.29) is 5.56 Å². The van der Waals surface area contributed by atoms with Crippen LogP contribution in [0.25, 0.3) is 0 Å². The third-order valence-electron chi connectivity index (χ3n) is 9.15. The fourth-order valence-corrected chi connectivity index (χ4v) is 6.75. The van der Waals surface area contributed by atoms with Gasteiger partial charge in [0.2, 0.25) is 0 Å². The number of anilines is 1. The second kappa shape index (κ2) is 11.2. The van der Waals surface area contributed by atoms with Crippen LogP contribution in [0.1, 0.15) is 55.3 Å². The second-order valence-corrected chi connectivity index (χ2v) is 11.7. The van der Waals surface area contributed by atoms with Gasteiger partial charge >= 0.3 is 0 Å². The predicted molar refractivity (Wildman–Crippen MR) is 142 cm³/mol. The lowest BCUT2D eigenvalue weighted by atomic mass is 9.67. The zero-order valence-electron chi connectivity index (χ0n) is 22.0. The summed E-state index contributed by atoms with van der Waals surface area (Å²) in [5.41, 5.74) is 0.722. The lowest BCUT2D eigenvalue weighted by molar-refractivity contribution is -0.0179. The van der Waals surface area contributed by atoms with Gasteiger partial charge in [0.1, 0.15) is 17.9 Å². The quantitative estimate of drug-likeness (QED) is 0.519. The van der Waals surface area contributed by atoms with Gasteiger partial charge in [-0.2, -0.15) is 0 Å². The van der Waals surface area contributed by atoms with Crippen LogP contribution in [0.2, 0.25) is 0 Å². The highest BCUT2D eigenvalue weighted by Gasteiger charge is 2.39. The number of nitrogens with zero attached hydrogens (tertiary/aromatic N) is 4. The molecule has 0 amide bonds. The van der Waals surface area contributed by atoms with Gasteiger partial charge in [0, 0.05) is 25.7 Å². The van der Waals surface area contributed by atoms with Gasteiger partial charge in [-0.05, 0) is 87.6 Å². The Bertz CT molecular complexity index is 1110. The Kier molecular flexibility index (Phi) is 7.59. The van der Waals surface area contributed by atoms with Crippen LogP contribution >= 0.6 is 0 Å². The van der Waals surface area contributed by atoms with E-state index >= 15 is 0 Å². The molecule has 0 bridgehead atoms. The Morgan fingerprint density at radius 3 is 2.63 bits per heavy atom. The van der Waals surface area contributed by atoms with Gasteiger partial charge in [0.15, 0.2) is 17.9 Å². The second-order valence-electron chi connectivity index (χ2n) is 11.7. The van der Waals surface area contributed by atoms with Crippen molar-refractivity contribution < 1.29 is 18.7 Å². The molecule has 1 N–H and O–H groups in total. The monoisotopic (exact) mass is 523 g/mol. The third-order valence-corrected chi connectivity index (χ3v) is 9.15. The number of benzene rings is 1. The molecule has 4 aliphatic rings. The summed E-state index contributed by atoms with van der Waals surface area (Å²) in [5, 5.41) is 3.79. The number of ether oxygens (including phenoxy) is 2. The summed E-state index contributed by atoms with van der Waals surface area (Å²) in [6, 6.07) is 5.20. The number of carbonyl (C=O) groups excluding carboxylic acids is 1.